The van der Waals surface area contributed by atoms with Gasteiger partial charge in [0.25, 0.3) is 0 Å². The van der Waals surface area contributed by atoms with Crippen LogP contribution in [0.5, 0.6) is 0 Å². The van der Waals surface area contributed by atoms with Gasteiger partial charge in [-0.1, -0.05) is 98.4 Å². The van der Waals surface area contributed by atoms with Crippen LogP contribution in [0.15, 0.2) is 78.9 Å². The number of ether oxygens (including phenoxy) is 1. The van der Waals surface area contributed by atoms with E-state index in [0.717, 1.165) is 0 Å². The minimum atomic E-state index is -2.61. The van der Waals surface area contributed by atoms with Crippen LogP contribution in [0.1, 0.15) is 27.8 Å². The molecular formula is C29H33NO6Si. The number of carbonyl (C=O) groups is 1. The predicted molar refractivity (Wildman–Crippen MR) is 144 cm³/mol. The molecule has 7 nitrogen and oxygen atoms in total. The Morgan fingerprint density at radius 2 is 1.32 bits per heavy atom. The van der Waals surface area contributed by atoms with Gasteiger partial charge in [0.05, 0.1) is 7.11 Å². The van der Waals surface area contributed by atoms with Crippen molar-refractivity contribution in [1.82, 2.24) is 0 Å². The monoisotopic (exact) mass is 519 g/mol. The van der Waals surface area contributed by atoms with Crippen LogP contribution >= 0.6 is 0 Å². The fourth-order valence-electron chi connectivity index (χ4n) is 3.92. The van der Waals surface area contributed by atoms with E-state index in [1.807, 2.05) is 19.6 Å². The quantitative estimate of drug-likeness (QED) is 0.140. The van der Waals surface area contributed by atoms with Crippen LogP contribution in [0.2, 0.25) is 19.6 Å². The SMILES string of the molecule is COC(=O)C(N)(C#C[Si](C)(C)C)Cc1ccc(C(O)(O)c2ccccc2)c(C(O)(O)c2ccccc2)c1. The van der Waals surface area contributed by atoms with E-state index in [1.54, 1.807) is 42.5 Å². The van der Waals surface area contributed by atoms with E-state index < -0.39 is 31.2 Å². The average molecular weight is 520 g/mol. The van der Waals surface area contributed by atoms with E-state index in [-0.39, 0.29) is 28.7 Å². The number of hydrogen-bond acceptors (Lipinski definition) is 7. The van der Waals surface area contributed by atoms with Gasteiger partial charge in [0.1, 0.15) is 8.07 Å². The van der Waals surface area contributed by atoms with E-state index in [0.29, 0.717) is 5.56 Å². The summed E-state index contributed by atoms with van der Waals surface area (Å²) in [5.74, 6) is -3.00. The first kappa shape index (κ1) is 28.3. The molecule has 0 aliphatic heterocycles. The molecule has 0 saturated heterocycles. The molecule has 0 fully saturated rings. The molecule has 1 unspecified atom stereocenters. The second-order valence-electron chi connectivity index (χ2n) is 10.1. The predicted octanol–water partition coefficient (Wildman–Crippen LogP) is 2.35. The van der Waals surface area contributed by atoms with Gasteiger partial charge in [-0.3, -0.25) is 0 Å². The molecule has 0 heterocycles. The number of carbonyl (C=O) groups excluding carboxylic acids is 1. The molecule has 194 valence electrons. The lowest BCUT2D eigenvalue weighted by atomic mass is 9.83. The van der Waals surface area contributed by atoms with Crippen LogP contribution in [0.25, 0.3) is 0 Å². The van der Waals surface area contributed by atoms with Gasteiger partial charge in [-0.15, -0.1) is 5.54 Å². The number of aliphatic hydroxyl groups is 4. The van der Waals surface area contributed by atoms with Gasteiger partial charge >= 0.3 is 5.97 Å². The number of methoxy groups -OCH3 is 1. The topological polar surface area (TPSA) is 133 Å². The van der Waals surface area contributed by atoms with Gasteiger partial charge in [-0.25, -0.2) is 4.79 Å². The van der Waals surface area contributed by atoms with Gasteiger partial charge in [-0.2, -0.15) is 0 Å². The van der Waals surface area contributed by atoms with Gasteiger partial charge in [0, 0.05) is 28.7 Å². The minimum Gasteiger partial charge on any atom is -0.467 e. The number of hydrogen-bond donors (Lipinski definition) is 5. The van der Waals surface area contributed by atoms with E-state index >= 15 is 0 Å². The van der Waals surface area contributed by atoms with E-state index in [9.17, 15) is 25.2 Å². The molecule has 0 amide bonds. The zero-order chi connectivity index (χ0) is 27.5. The van der Waals surface area contributed by atoms with Crippen LogP contribution in [-0.2, 0) is 27.5 Å². The molecule has 1 atom stereocenters. The third kappa shape index (κ3) is 6.35. The highest BCUT2D eigenvalue weighted by atomic mass is 28.3. The van der Waals surface area contributed by atoms with Crippen molar-refractivity contribution < 1.29 is 30.0 Å². The molecule has 0 aliphatic carbocycles. The molecule has 0 aliphatic rings. The van der Waals surface area contributed by atoms with Crippen molar-refractivity contribution in [3.63, 3.8) is 0 Å². The number of esters is 1. The molecule has 0 radical (unpaired) electrons. The van der Waals surface area contributed by atoms with Gasteiger partial charge < -0.3 is 30.9 Å². The normalized spacial score (nSPS) is 13.8. The summed E-state index contributed by atoms with van der Waals surface area (Å²) in [5, 5.41) is 45.0. The minimum absolute atomic E-state index is 0.107. The van der Waals surface area contributed by atoms with Gasteiger partial charge in [0.2, 0.25) is 11.6 Å². The molecule has 0 spiro atoms. The fraction of sp³-hybridized carbons (Fsp3) is 0.276. The van der Waals surface area contributed by atoms with Crippen LogP contribution in [0, 0.1) is 11.5 Å². The van der Waals surface area contributed by atoms with Crippen molar-refractivity contribution in [2.75, 3.05) is 7.11 Å². The van der Waals surface area contributed by atoms with Crippen molar-refractivity contribution in [3.8, 4) is 11.5 Å². The largest absolute Gasteiger partial charge is 0.467 e. The summed E-state index contributed by atoms with van der Waals surface area (Å²) >= 11 is 0. The van der Waals surface area contributed by atoms with Crippen molar-refractivity contribution >= 4 is 14.0 Å². The van der Waals surface area contributed by atoms with Crippen LogP contribution < -0.4 is 5.73 Å². The van der Waals surface area contributed by atoms with Crippen molar-refractivity contribution in [1.29, 1.82) is 0 Å². The van der Waals surface area contributed by atoms with E-state index in [2.05, 4.69) is 11.5 Å². The molecule has 6 N–H and O–H groups in total. The van der Waals surface area contributed by atoms with E-state index in [1.165, 1.54) is 43.5 Å². The zero-order valence-electron chi connectivity index (χ0n) is 21.4. The van der Waals surface area contributed by atoms with Gasteiger partial charge in [0.15, 0.2) is 5.54 Å². The van der Waals surface area contributed by atoms with Crippen molar-refractivity contribution in [2.45, 2.75) is 43.2 Å². The summed E-state index contributed by atoms with van der Waals surface area (Å²) in [6.07, 6.45) is -0.107. The number of rotatable bonds is 7. The summed E-state index contributed by atoms with van der Waals surface area (Å²) < 4.78 is 4.93. The lowest BCUT2D eigenvalue weighted by molar-refractivity contribution is -0.154. The standard InChI is InChI=1S/C29H33NO6Si/c1-36-26(31)27(30,17-18-37(2,3)4)20-21-15-16-24(28(32,33)22-11-7-5-8-12-22)25(19-21)29(34,35)23-13-9-6-10-14-23/h5-16,19,32-35H,20,30H2,1-4H3. The Kier molecular flexibility index (Phi) is 8.10. The fourth-order valence-corrected chi connectivity index (χ4v) is 4.51. The summed E-state index contributed by atoms with van der Waals surface area (Å²) in [6.45, 7) is 6.05. The van der Waals surface area contributed by atoms with E-state index in [4.69, 9.17) is 10.5 Å². The molecule has 3 aromatic rings. The Morgan fingerprint density at radius 1 is 0.838 bits per heavy atom. The molecular weight excluding hydrogens is 486 g/mol. The summed E-state index contributed by atoms with van der Waals surface area (Å²) in [7, 11) is -0.670. The Bertz CT molecular complexity index is 1310. The Morgan fingerprint density at radius 3 is 1.78 bits per heavy atom. The smallest absolute Gasteiger partial charge is 0.338 e. The first-order valence-corrected chi connectivity index (χ1v) is 15.3. The van der Waals surface area contributed by atoms with Crippen molar-refractivity contribution in [3.05, 3.63) is 107 Å². The molecule has 3 rings (SSSR count). The highest BCUT2D eigenvalue weighted by molar-refractivity contribution is 6.83. The molecule has 3 aromatic carbocycles. The Balaban J connectivity index is 2.21. The highest BCUT2D eigenvalue weighted by Crippen LogP contribution is 2.37. The molecule has 37 heavy (non-hydrogen) atoms. The Hall–Kier alpha value is -3.29. The van der Waals surface area contributed by atoms with Crippen LogP contribution in [-0.4, -0.2) is 47.1 Å². The average Bonchev–Trinajstić information content (AvgIpc) is 2.87. The molecule has 0 bridgehead atoms. The lowest BCUT2D eigenvalue weighted by Gasteiger charge is -2.32. The Labute approximate surface area is 218 Å². The maximum absolute atomic E-state index is 12.7. The summed E-state index contributed by atoms with van der Waals surface area (Å²) in [5.41, 5.74) is 8.18. The second-order valence-corrected chi connectivity index (χ2v) is 14.8. The maximum Gasteiger partial charge on any atom is 0.338 e. The maximum atomic E-state index is 12.7. The van der Waals surface area contributed by atoms with Gasteiger partial charge in [-0.05, 0) is 11.6 Å². The molecule has 0 saturated carbocycles. The first-order chi connectivity index (χ1) is 17.2. The zero-order valence-corrected chi connectivity index (χ0v) is 22.4. The highest BCUT2D eigenvalue weighted by Gasteiger charge is 2.40. The number of benzene rings is 3. The third-order valence-electron chi connectivity index (χ3n) is 5.88. The first-order valence-electron chi connectivity index (χ1n) is 11.8. The number of nitrogens with two attached hydrogens (primary N) is 1. The van der Waals surface area contributed by atoms with Crippen LogP contribution in [0.3, 0.4) is 0 Å². The summed E-state index contributed by atoms with van der Waals surface area (Å²) in [4.78, 5) is 12.7. The third-order valence-corrected chi connectivity index (χ3v) is 6.76. The summed E-state index contributed by atoms with van der Waals surface area (Å²) in [6, 6.07) is 20.4. The van der Waals surface area contributed by atoms with Crippen LogP contribution in [0.4, 0.5) is 0 Å². The molecule has 8 heteroatoms. The lowest BCUT2D eigenvalue weighted by Crippen LogP contribution is -2.50. The van der Waals surface area contributed by atoms with Crippen molar-refractivity contribution in [2.24, 2.45) is 5.73 Å². The second kappa shape index (κ2) is 10.6. The molecule has 0 aromatic heterocycles.